The third-order valence-electron chi connectivity index (χ3n) is 3.41. The molecule has 0 bridgehead atoms. The molecule has 21 heavy (non-hydrogen) atoms. The SMILES string of the molecule is CCCNC(Cc1ccncc1)c1ccc(OC)c(F)c1. The highest BCUT2D eigenvalue weighted by Crippen LogP contribution is 2.24. The molecule has 0 saturated heterocycles. The molecular weight excluding hydrogens is 267 g/mol. The minimum atomic E-state index is -0.326. The van der Waals surface area contributed by atoms with Crippen LogP contribution >= 0.6 is 0 Å². The first-order chi connectivity index (χ1) is 10.2. The van der Waals surface area contributed by atoms with Crippen LogP contribution < -0.4 is 10.1 Å². The molecule has 1 aromatic heterocycles. The molecule has 0 aliphatic rings. The van der Waals surface area contributed by atoms with Gasteiger partial charge in [0.15, 0.2) is 11.6 Å². The predicted octanol–water partition coefficient (Wildman–Crippen LogP) is 3.51. The van der Waals surface area contributed by atoms with E-state index in [1.807, 2.05) is 18.2 Å². The molecular formula is C17H21FN2O. The number of hydrogen-bond acceptors (Lipinski definition) is 3. The first kappa shape index (κ1) is 15.4. The molecule has 1 unspecified atom stereocenters. The van der Waals surface area contributed by atoms with Crippen molar-refractivity contribution in [3.8, 4) is 5.75 Å². The van der Waals surface area contributed by atoms with Crippen molar-refractivity contribution < 1.29 is 9.13 Å². The Morgan fingerprint density at radius 3 is 2.62 bits per heavy atom. The summed E-state index contributed by atoms with van der Waals surface area (Å²) in [5.74, 6) is -0.0510. The second-order valence-corrected chi connectivity index (χ2v) is 4.96. The van der Waals surface area contributed by atoms with E-state index in [2.05, 4.69) is 17.2 Å². The van der Waals surface area contributed by atoms with Crippen LogP contribution in [-0.2, 0) is 6.42 Å². The predicted molar refractivity (Wildman–Crippen MR) is 81.9 cm³/mol. The van der Waals surface area contributed by atoms with Crippen LogP contribution in [0.2, 0.25) is 0 Å². The molecule has 0 amide bonds. The Morgan fingerprint density at radius 1 is 1.24 bits per heavy atom. The van der Waals surface area contributed by atoms with Gasteiger partial charge in [0.25, 0.3) is 0 Å². The molecule has 0 aliphatic heterocycles. The summed E-state index contributed by atoms with van der Waals surface area (Å²) in [7, 11) is 1.47. The van der Waals surface area contributed by atoms with E-state index in [0.717, 1.165) is 24.9 Å². The van der Waals surface area contributed by atoms with Gasteiger partial charge in [-0.3, -0.25) is 4.98 Å². The van der Waals surface area contributed by atoms with Crippen molar-refractivity contribution >= 4 is 0 Å². The van der Waals surface area contributed by atoms with Gasteiger partial charge in [-0.25, -0.2) is 4.39 Å². The minimum absolute atomic E-state index is 0.0766. The normalized spacial score (nSPS) is 12.1. The summed E-state index contributed by atoms with van der Waals surface area (Å²) in [6.45, 7) is 3.01. The van der Waals surface area contributed by atoms with Crippen molar-refractivity contribution in [3.63, 3.8) is 0 Å². The zero-order valence-corrected chi connectivity index (χ0v) is 12.5. The Balaban J connectivity index is 2.20. The van der Waals surface area contributed by atoms with E-state index in [1.165, 1.54) is 12.7 Å². The van der Waals surface area contributed by atoms with E-state index < -0.39 is 0 Å². The van der Waals surface area contributed by atoms with Gasteiger partial charge in [-0.15, -0.1) is 0 Å². The van der Waals surface area contributed by atoms with Gasteiger partial charge in [0.05, 0.1) is 7.11 Å². The van der Waals surface area contributed by atoms with Crippen LogP contribution in [-0.4, -0.2) is 18.6 Å². The van der Waals surface area contributed by atoms with Crippen molar-refractivity contribution in [1.29, 1.82) is 0 Å². The van der Waals surface area contributed by atoms with Gasteiger partial charge in [-0.2, -0.15) is 0 Å². The first-order valence-corrected chi connectivity index (χ1v) is 7.20. The molecule has 1 atom stereocenters. The Bertz CT molecular complexity index is 560. The summed E-state index contributed by atoms with van der Waals surface area (Å²) in [5, 5.41) is 3.47. The van der Waals surface area contributed by atoms with Crippen molar-refractivity contribution in [2.24, 2.45) is 0 Å². The molecule has 0 fully saturated rings. The fourth-order valence-corrected chi connectivity index (χ4v) is 2.28. The highest BCUT2D eigenvalue weighted by molar-refractivity contribution is 5.32. The summed E-state index contributed by atoms with van der Waals surface area (Å²) < 4.78 is 18.9. The van der Waals surface area contributed by atoms with Gasteiger partial charge >= 0.3 is 0 Å². The quantitative estimate of drug-likeness (QED) is 0.846. The van der Waals surface area contributed by atoms with Crippen molar-refractivity contribution in [3.05, 3.63) is 59.7 Å². The van der Waals surface area contributed by atoms with E-state index in [1.54, 1.807) is 24.5 Å². The molecule has 1 N–H and O–H groups in total. The second kappa shape index (κ2) is 7.74. The monoisotopic (exact) mass is 288 g/mol. The molecule has 3 nitrogen and oxygen atoms in total. The number of nitrogens with one attached hydrogen (secondary N) is 1. The molecule has 0 aliphatic carbocycles. The lowest BCUT2D eigenvalue weighted by atomic mass is 9.99. The number of ether oxygens (including phenoxy) is 1. The number of hydrogen-bond donors (Lipinski definition) is 1. The molecule has 2 aromatic rings. The fourth-order valence-electron chi connectivity index (χ4n) is 2.28. The van der Waals surface area contributed by atoms with Crippen LogP contribution in [0, 0.1) is 5.82 Å². The van der Waals surface area contributed by atoms with Gasteiger partial charge in [-0.05, 0) is 54.8 Å². The highest BCUT2D eigenvalue weighted by atomic mass is 19.1. The number of benzene rings is 1. The average molecular weight is 288 g/mol. The maximum atomic E-state index is 13.9. The van der Waals surface area contributed by atoms with Crippen molar-refractivity contribution in [2.75, 3.05) is 13.7 Å². The Labute approximate surface area is 125 Å². The third-order valence-corrected chi connectivity index (χ3v) is 3.41. The van der Waals surface area contributed by atoms with E-state index in [-0.39, 0.29) is 17.6 Å². The van der Waals surface area contributed by atoms with Crippen LogP contribution in [0.5, 0.6) is 5.75 Å². The van der Waals surface area contributed by atoms with Gasteiger partial charge in [0, 0.05) is 18.4 Å². The number of halogens is 1. The van der Waals surface area contributed by atoms with E-state index >= 15 is 0 Å². The van der Waals surface area contributed by atoms with Crippen LogP contribution in [0.4, 0.5) is 4.39 Å². The summed E-state index contributed by atoms with van der Waals surface area (Å²) >= 11 is 0. The molecule has 1 heterocycles. The lowest BCUT2D eigenvalue weighted by molar-refractivity contribution is 0.385. The number of aromatic nitrogens is 1. The van der Waals surface area contributed by atoms with Gasteiger partial charge in [0.1, 0.15) is 0 Å². The van der Waals surface area contributed by atoms with Gasteiger partial charge < -0.3 is 10.1 Å². The van der Waals surface area contributed by atoms with Crippen molar-refractivity contribution in [1.82, 2.24) is 10.3 Å². The smallest absolute Gasteiger partial charge is 0.165 e. The molecule has 0 spiro atoms. The maximum Gasteiger partial charge on any atom is 0.165 e. The molecule has 0 radical (unpaired) electrons. The second-order valence-electron chi connectivity index (χ2n) is 4.96. The van der Waals surface area contributed by atoms with Gasteiger partial charge in [0.2, 0.25) is 0 Å². The molecule has 2 rings (SSSR count). The Hall–Kier alpha value is -1.94. The summed E-state index contributed by atoms with van der Waals surface area (Å²) in [5.41, 5.74) is 2.10. The summed E-state index contributed by atoms with van der Waals surface area (Å²) in [4.78, 5) is 4.03. The largest absolute Gasteiger partial charge is 0.494 e. The molecule has 4 heteroatoms. The van der Waals surface area contributed by atoms with E-state index in [4.69, 9.17) is 4.74 Å². The number of methoxy groups -OCH3 is 1. The Morgan fingerprint density at radius 2 is 2.00 bits per heavy atom. The van der Waals surface area contributed by atoms with Crippen molar-refractivity contribution in [2.45, 2.75) is 25.8 Å². The molecule has 112 valence electrons. The summed E-state index contributed by atoms with van der Waals surface area (Å²) in [6.07, 6.45) is 5.39. The minimum Gasteiger partial charge on any atom is -0.494 e. The number of nitrogens with zero attached hydrogens (tertiary/aromatic N) is 1. The van der Waals surface area contributed by atoms with E-state index in [9.17, 15) is 4.39 Å². The maximum absolute atomic E-state index is 13.9. The van der Waals surface area contributed by atoms with Crippen LogP contribution in [0.15, 0.2) is 42.7 Å². The zero-order valence-electron chi connectivity index (χ0n) is 12.5. The lowest BCUT2D eigenvalue weighted by Gasteiger charge is -2.19. The van der Waals surface area contributed by atoms with Gasteiger partial charge in [-0.1, -0.05) is 13.0 Å². The number of rotatable bonds is 7. The number of pyridine rings is 1. The average Bonchev–Trinajstić information content (AvgIpc) is 2.52. The van der Waals surface area contributed by atoms with Crippen LogP contribution in [0.25, 0.3) is 0 Å². The Kier molecular flexibility index (Phi) is 5.69. The third kappa shape index (κ3) is 4.26. The molecule has 1 aromatic carbocycles. The summed E-state index contributed by atoms with van der Waals surface area (Å²) in [6, 6.07) is 9.19. The fraction of sp³-hybridized carbons (Fsp3) is 0.353. The standard InChI is InChI=1S/C17H21FN2O/c1-3-8-20-16(11-13-6-9-19-10-7-13)14-4-5-17(21-2)15(18)12-14/h4-7,9-10,12,16,20H,3,8,11H2,1-2H3. The zero-order chi connectivity index (χ0) is 15.1. The molecule has 0 saturated carbocycles. The first-order valence-electron chi connectivity index (χ1n) is 7.20. The van der Waals surface area contributed by atoms with Crippen LogP contribution in [0.3, 0.4) is 0 Å². The highest BCUT2D eigenvalue weighted by Gasteiger charge is 2.14. The van der Waals surface area contributed by atoms with E-state index in [0.29, 0.717) is 0 Å². The lowest BCUT2D eigenvalue weighted by Crippen LogP contribution is -2.24. The van der Waals surface area contributed by atoms with Crippen LogP contribution in [0.1, 0.15) is 30.5 Å². The topological polar surface area (TPSA) is 34.2 Å².